The Morgan fingerprint density at radius 3 is 3.00 bits per heavy atom. The van der Waals surface area contributed by atoms with E-state index in [0.29, 0.717) is 0 Å². The van der Waals surface area contributed by atoms with Crippen molar-refractivity contribution in [1.82, 2.24) is 0 Å². The van der Waals surface area contributed by atoms with Crippen molar-refractivity contribution >= 4 is 5.69 Å². The number of benzene rings is 1. The van der Waals surface area contributed by atoms with Crippen molar-refractivity contribution in [2.45, 2.75) is 26.2 Å². The second-order valence-corrected chi connectivity index (χ2v) is 3.88. The molecule has 0 aromatic heterocycles. The van der Waals surface area contributed by atoms with Crippen LogP contribution in [0.2, 0.25) is 0 Å². The predicted octanol–water partition coefficient (Wildman–Crippen LogP) is 2.63. The van der Waals surface area contributed by atoms with E-state index in [2.05, 4.69) is 37.1 Å². The average Bonchev–Trinajstić information content (AvgIpc) is 2.48. The smallest absolute Gasteiger partial charge is 0.0397 e. The van der Waals surface area contributed by atoms with Crippen LogP contribution < -0.4 is 4.90 Å². The van der Waals surface area contributed by atoms with Crippen molar-refractivity contribution in [2.75, 3.05) is 18.5 Å². The maximum absolute atomic E-state index is 2.38. The normalized spacial score (nSPS) is 14.8. The van der Waals surface area contributed by atoms with Crippen LogP contribution in [-0.4, -0.2) is 13.6 Å². The Morgan fingerprint density at radius 2 is 2.23 bits per heavy atom. The first-order chi connectivity index (χ1) is 6.31. The van der Waals surface area contributed by atoms with Gasteiger partial charge in [-0.15, -0.1) is 0 Å². The van der Waals surface area contributed by atoms with E-state index in [1.165, 1.54) is 42.6 Å². The van der Waals surface area contributed by atoms with E-state index in [4.69, 9.17) is 0 Å². The third-order valence-electron chi connectivity index (χ3n) is 2.81. The fourth-order valence-electron chi connectivity index (χ4n) is 2.06. The molecule has 1 heteroatoms. The van der Waals surface area contributed by atoms with Gasteiger partial charge in [0.15, 0.2) is 0 Å². The highest BCUT2D eigenvalue weighted by Crippen LogP contribution is 2.27. The van der Waals surface area contributed by atoms with Crippen molar-refractivity contribution in [3.63, 3.8) is 0 Å². The average molecular weight is 175 g/mol. The van der Waals surface area contributed by atoms with E-state index in [1.54, 1.807) is 0 Å². The van der Waals surface area contributed by atoms with Crippen molar-refractivity contribution in [3.8, 4) is 0 Å². The van der Waals surface area contributed by atoms with Crippen molar-refractivity contribution in [3.05, 3.63) is 29.3 Å². The molecule has 2 rings (SSSR count). The number of nitrogens with zero attached hydrogens (tertiary/aromatic N) is 1. The number of anilines is 1. The van der Waals surface area contributed by atoms with Crippen molar-refractivity contribution < 1.29 is 0 Å². The Kier molecular flexibility index (Phi) is 2.26. The summed E-state index contributed by atoms with van der Waals surface area (Å²) in [6, 6.07) is 6.92. The maximum Gasteiger partial charge on any atom is 0.0397 e. The second-order valence-electron chi connectivity index (χ2n) is 3.88. The molecule has 0 unspecified atom stereocenters. The van der Waals surface area contributed by atoms with Crippen molar-refractivity contribution in [1.29, 1.82) is 0 Å². The fraction of sp³-hybridized carbons (Fsp3) is 0.500. The van der Waals surface area contributed by atoms with Gasteiger partial charge in [0.2, 0.25) is 0 Å². The van der Waals surface area contributed by atoms with E-state index in [0.717, 1.165) is 0 Å². The number of likely N-dealkylation sites (N-methyl/N-ethyl adjacent to an activating group) is 1. The molecule has 0 saturated heterocycles. The van der Waals surface area contributed by atoms with E-state index < -0.39 is 0 Å². The lowest BCUT2D eigenvalue weighted by Gasteiger charge is -2.11. The Morgan fingerprint density at radius 1 is 1.38 bits per heavy atom. The Bertz CT molecular complexity index is 304. The minimum absolute atomic E-state index is 1.19. The standard InChI is InChI=1S/C12H17N/c1-3-4-10-5-6-12-11(9-10)7-8-13(12)2/h5-6,9H,3-4,7-8H2,1-2H3. The van der Waals surface area contributed by atoms with Gasteiger partial charge in [0.05, 0.1) is 0 Å². The molecule has 1 nitrogen and oxygen atoms in total. The first-order valence-corrected chi connectivity index (χ1v) is 5.14. The highest BCUT2D eigenvalue weighted by molar-refractivity contribution is 5.58. The quantitative estimate of drug-likeness (QED) is 0.668. The molecule has 70 valence electrons. The van der Waals surface area contributed by atoms with E-state index >= 15 is 0 Å². The molecule has 0 radical (unpaired) electrons. The molecule has 1 aromatic carbocycles. The van der Waals surface area contributed by atoms with Crippen LogP contribution in [0.1, 0.15) is 24.5 Å². The van der Waals surface area contributed by atoms with Crippen LogP contribution in [0.15, 0.2) is 18.2 Å². The van der Waals surface area contributed by atoms with Gasteiger partial charge < -0.3 is 4.90 Å². The van der Waals surface area contributed by atoms with Gasteiger partial charge in [0.25, 0.3) is 0 Å². The number of hydrogen-bond donors (Lipinski definition) is 0. The van der Waals surface area contributed by atoms with Gasteiger partial charge in [-0.3, -0.25) is 0 Å². The molecule has 13 heavy (non-hydrogen) atoms. The highest BCUT2D eigenvalue weighted by atomic mass is 15.1. The topological polar surface area (TPSA) is 3.24 Å². The van der Waals surface area contributed by atoms with E-state index in [-0.39, 0.29) is 0 Å². The molecule has 1 heterocycles. The summed E-state index contributed by atoms with van der Waals surface area (Å²) in [6.45, 7) is 3.42. The largest absolute Gasteiger partial charge is 0.374 e. The lowest BCUT2D eigenvalue weighted by molar-refractivity contribution is 0.918. The summed E-state index contributed by atoms with van der Waals surface area (Å²) >= 11 is 0. The highest BCUT2D eigenvalue weighted by Gasteiger charge is 2.14. The van der Waals surface area contributed by atoms with E-state index in [9.17, 15) is 0 Å². The van der Waals surface area contributed by atoms with Gasteiger partial charge in [-0.1, -0.05) is 25.5 Å². The van der Waals surface area contributed by atoms with Crippen LogP contribution in [0.5, 0.6) is 0 Å². The Labute approximate surface area is 80.4 Å². The van der Waals surface area contributed by atoms with Crippen LogP contribution in [-0.2, 0) is 12.8 Å². The summed E-state index contributed by atoms with van der Waals surface area (Å²) < 4.78 is 0. The van der Waals surface area contributed by atoms with Crippen LogP contribution in [0, 0.1) is 0 Å². The maximum atomic E-state index is 2.38. The predicted molar refractivity (Wildman–Crippen MR) is 57.4 cm³/mol. The Hall–Kier alpha value is -0.980. The number of hydrogen-bond acceptors (Lipinski definition) is 1. The molecule has 1 aliphatic rings. The third-order valence-corrected chi connectivity index (χ3v) is 2.81. The molecule has 0 N–H and O–H groups in total. The zero-order valence-corrected chi connectivity index (χ0v) is 8.51. The van der Waals surface area contributed by atoms with Crippen LogP contribution >= 0.6 is 0 Å². The van der Waals surface area contributed by atoms with Crippen LogP contribution in [0.4, 0.5) is 5.69 Å². The Balaban J connectivity index is 2.29. The van der Waals surface area contributed by atoms with Gasteiger partial charge in [-0.25, -0.2) is 0 Å². The summed E-state index contributed by atoms with van der Waals surface area (Å²) in [6.07, 6.45) is 3.69. The SMILES string of the molecule is CCCc1ccc2c(c1)CCN2C. The number of fused-ring (bicyclic) bond motifs is 1. The molecule has 0 atom stereocenters. The molecule has 0 aliphatic carbocycles. The second kappa shape index (κ2) is 3.41. The molecule has 0 spiro atoms. The van der Waals surface area contributed by atoms with Crippen LogP contribution in [0.25, 0.3) is 0 Å². The zero-order chi connectivity index (χ0) is 9.26. The molecule has 1 aromatic rings. The van der Waals surface area contributed by atoms with Gasteiger partial charge in [-0.2, -0.15) is 0 Å². The minimum atomic E-state index is 1.19. The molecule has 0 saturated carbocycles. The van der Waals surface area contributed by atoms with Gasteiger partial charge >= 0.3 is 0 Å². The first-order valence-electron chi connectivity index (χ1n) is 5.14. The summed E-state index contributed by atoms with van der Waals surface area (Å²) in [5.74, 6) is 0. The van der Waals surface area contributed by atoms with Gasteiger partial charge in [0.1, 0.15) is 0 Å². The third kappa shape index (κ3) is 1.55. The zero-order valence-electron chi connectivity index (χ0n) is 8.51. The van der Waals surface area contributed by atoms with Crippen LogP contribution in [0.3, 0.4) is 0 Å². The molecule has 0 fully saturated rings. The summed E-state index contributed by atoms with van der Waals surface area (Å²) in [7, 11) is 2.17. The minimum Gasteiger partial charge on any atom is -0.374 e. The molecular formula is C12H17N. The lowest BCUT2D eigenvalue weighted by atomic mass is 10.1. The van der Waals surface area contributed by atoms with E-state index in [1.807, 2.05) is 0 Å². The monoisotopic (exact) mass is 175 g/mol. The summed E-state index contributed by atoms with van der Waals surface area (Å²) in [5.41, 5.74) is 4.46. The number of aryl methyl sites for hydroxylation is 1. The number of rotatable bonds is 2. The molecular weight excluding hydrogens is 158 g/mol. The molecule has 0 amide bonds. The van der Waals surface area contributed by atoms with Crippen molar-refractivity contribution in [2.24, 2.45) is 0 Å². The molecule has 0 bridgehead atoms. The lowest BCUT2D eigenvalue weighted by Crippen LogP contribution is -2.12. The summed E-state index contributed by atoms with van der Waals surface area (Å²) in [4.78, 5) is 2.34. The first kappa shape index (κ1) is 8.61. The van der Waals surface area contributed by atoms with Gasteiger partial charge in [-0.05, 0) is 30.0 Å². The summed E-state index contributed by atoms with van der Waals surface area (Å²) in [5, 5.41) is 0. The fourth-order valence-corrected chi connectivity index (χ4v) is 2.06. The molecule has 1 aliphatic heterocycles. The van der Waals surface area contributed by atoms with Gasteiger partial charge in [0, 0.05) is 19.3 Å².